The van der Waals surface area contributed by atoms with E-state index in [-0.39, 0.29) is 10.6 Å². The van der Waals surface area contributed by atoms with Crippen LogP contribution in [0.4, 0.5) is 5.69 Å². The zero-order valence-electron chi connectivity index (χ0n) is 11.5. The molecule has 1 atom stereocenters. The Morgan fingerprint density at radius 1 is 1.50 bits per heavy atom. The molecule has 0 aliphatic carbocycles. The lowest BCUT2D eigenvalue weighted by Crippen LogP contribution is -2.36. The number of hydrogen-bond donors (Lipinski definition) is 1. The van der Waals surface area contributed by atoms with Gasteiger partial charge in [0.15, 0.2) is 0 Å². The number of rotatable bonds is 5. The third kappa shape index (κ3) is 4.01. The minimum Gasteiger partial charge on any atom is -0.381 e. The summed E-state index contributed by atoms with van der Waals surface area (Å²) < 4.78 is 6.22. The van der Waals surface area contributed by atoms with Crippen LogP contribution in [0.2, 0.25) is 0 Å². The zero-order valence-corrected chi connectivity index (χ0v) is 13.1. The van der Waals surface area contributed by atoms with E-state index >= 15 is 0 Å². The van der Waals surface area contributed by atoms with Crippen LogP contribution in [0.5, 0.6) is 0 Å². The highest BCUT2D eigenvalue weighted by Gasteiger charge is 2.21. The van der Waals surface area contributed by atoms with Crippen molar-refractivity contribution in [1.29, 1.82) is 0 Å². The summed E-state index contributed by atoms with van der Waals surface area (Å²) in [6.07, 6.45) is 2.10. The van der Waals surface area contributed by atoms with Crippen molar-refractivity contribution >= 4 is 21.6 Å². The summed E-state index contributed by atoms with van der Waals surface area (Å²) >= 11 is 3.36. The van der Waals surface area contributed by atoms with Gasteiger partial charge in [-0.15, -0.1) is 0 Å². The average molecular weight is 343 g/mol. The lowest BCUT2D eigenvalue weighted by molar-refractivity contribution is -0.385. The first kappa shape index (κ1) is 15.4. The van der Waals surface area contributed by atoms with Crippen LogP contribution in [0.1, 0.15) is 25.3 Å². The molecule has 1 unspecified atom stereocenters. The zero-order chi connectivity index (χ0) is 14.5. The van der Waals surface area contributed by atoms with Crippen LogP contribution in [0.25, 0.3) is 0 Å². The molecule has 1 aromatic carbocycles. The number of halogens is 1. The molecule has 1 N–H and O–H groups in total. The number of hydrogen-bond acceptors (Lipinski definition) is 4. The van der Waals surface area contributed by atoms with Gasteiger partial charge >= 0.3 is 0 Å². The molecular formula is C14H19BrN2O3. The quantitative estimate of drug-likeness (QED) is 0.658. The number of nitro benzene ring substituents is 1. The van der Waals surface area contributed by atoms with E-state index in [0.717, 1.165) is 30.5 Å². The van der Waals surface area contributed by atoms with Crippen molar-refractivity contribution in [2.75, 3.05) is 13.2 Å². The summed E-state index contributed by atoms with van der Waals surface area (Å²) in [7, 11) is 0. The molecule has 0 amide bonds. The lowest BCUT2D eigenvalue weighted by Gasteiger charge is -2.28. The monoisotopic (exact) mass is 342 g/mol. The molecule has 6 heteroatoms. The molecule has 110 valence electrons. The third-order valence-electron chi connectivity index (χ3n) is 3.83. The minimum atomic E-state index is -0.331. The molecule has 1 aromatic rings. The Balaban J connectivity index is 1.99. The molecule has 1 fully saturated rings. The predicted octanol–water partition coefficient (Wildman–Crippen LogP) is 3.26. The van der Waals surface area contributed by atoms with Gasteiger partial charge in [-0.25, -0.2) is 0 Å². The Bertz CT molecular complexity index is 475. The van der Waals surface area contributed by atoms with Gasteiger partial charge in [0.1, 0.15) is 0 Å². The first-order chi connectivity index (χ1) is 9.58. The number of nitrogens with zero attached hydrogens (tertiary/aromatic N) is 1. The highest BCUT2D eigenvalue weighted by Crippen LogP contribution is 2.24. The second-order valence-electron chi connectivity index (χ2n) is 5.15. The summed E-state index contributed by atoms with van der Waals surface area (Å²) in [5.74, 6) is 0.579. The van der Waals surface area contributed by atoms with E-state index < -0.39 is 0 Å². The van der Waals surface area contributed by atoms with Crippen molar-refractivity contribution in [2.45, 2.75) is 32.4 Å². The van der Waals surface area contributed by atoms with Crippen LogP contribution in [0.3, 0.4) is 0 Å². The van der Waals surface area contributed by atoms with Crippen molar-refractivity contribution in [3.8, 4) is 0 Å². The number of nitrogens with one attached hydrogen (secondary N) is 1. The van der Waals surface area contributed by atoms with Gasteiger partial charge in [0.05, 0.1) is 4.92 Å². The average Bonchev–Trinajstić information content (AvgIpc) is 2.45. The highest BCUT2D eigenvalue weighted by molar-refractivity contribution is 9.10. The fourth-order valence-electron chi connectivity index (χ4n) is 2.53. The lowest BCUT2D eigenvalue weighted by atomic mass is 9.93. The summed E-state index contributed by atoms with van der Waals surface area (Å²) in [6, 6.07) is 5.38. The second-order valence-corrected chi connectivity index (χ2v) is 6.07. The molecule has 0 spiro atoms. The van der Waals surface area contributed by atoms with Crippen molar-refractivity contribution in [3.05, 3.63) is 38.3 Å². The topological polar surface area (TPSA) is 64.4 Å². The van der Waals surface area contributed by atoms with Crippen molar-refractivity contribution < 1.29 is 9.66 Å². The molecular weight excluding hydrogens is 324 g/mol. The molecule has 0 aromatic heterocycles. The van der Waals surface area contributed by atoms with E-state index in [4.69, 9.17) is 4.74 Å². The van der Waals surface area contributed by atoms with E-state index in [1.54, 1.807) is 12.1 Å². The van der Waals surface area contributed by atoms with Gasteiger partial charge in [0, 0.05) is 41.9 Å². The fraction of sp³-hybridized carbons (Fsp3) is 0.571. The van der Waals surface area contributed by atoms with Gasteiger partial charge < -0.3 is 10.1 Å². The van der Waals surface area contributed by atoms with Gasteiger partial charge in [-0.2, -0.15) is 0 Å². The first-order valence-electron chi connectivity index (χ1n) is 6.82. The molecule has 0 radical (unpaired) electrons. The maximum absolute atomic E-state index is 11.0. The Morgan fingerprint density at radius 3 is 2.85 bits per heavy atom. The van der Waals surface area contributed by atoms with Crippen LogP contribution >= 0.6 is 15.9 Å². The van der Waals surface area contributed by atoms with Crippen molar-refractivity contribution in [2.24, 2.45) is 5.92 Å². The van der Waals surface area contributed by atoms with Crippen molar-refractivity contribution in [1.82, 2.24) is 5.32 Å². The molecule has 1 aliphatic rings. The van der Waals surface area contributed by atoms with Gasteiger partial charge in [-0.05, 0) is 37.8 Å². The normalized spacial score (nSPS) is 17.9. The van der Waals surface area contributed by atoms with E-state index in [1.807, 2.05) is 6.07 Å². The summed E-state index contributed by atoms with van der Waals surface area (Å²) in [5, 5.41) is 14.4. The predicted molar refractivity (Wildman–Crippen MR) is 80.6 cm³/mol. The standard InChI is InChI=1S/C14H19BrN2O3/c1-10(11-4-6-20-7-5-11)16-9-12-8-13(15)2-3-14(12)17(18)19/h2-3,8,10-11,16H,4-7,9H2,1H3. The van der Waals surface area contributed by atoms with E-state index in [0.29, 0.717) is 24.1 Å². The Kier molecular flexibility index (Phi) is 5.51. The summed E-state index contributed by atoms with van der Waals surface area (Å²) in [6.45, 7) is 4.27. The van der Waals surface area contributed by atoms with Crippen molar-refractivity contribution in [3.63, 3.8) is 0 Å². The van der Waals surface area contributed by atoms with Crippen LogP contribution in [-0.4, -0.2) is 24.2 Å². The van der Waals surface area contributed by atoms with Gasteiger partial charge in [-0.1, -0.05) is 15.9 Å². The molecule has 20 heavy (non-hydrogen) atoms. The van der Waals surface area contributed by atoms with E-state index in [2.05, 4.69) is 28.2 Å². The fourth-order valence-corrected chi connectivity index (χ4v) is 2.94. The summed E-state index contributed by atoms with van der Waals surface area (Å²) in [4.78, 5) is 10.7. The smallest absolute Gasteiger partial charge is 0.273 e. The Labute approximate surface area is 127 Å². The van der Waals surface area contributed by atoms with Gasteiger partial charge in [0.25, 0.3) is 5.69 Å². The molecule has 0 saturated carbocycles. The largest absolute Gasteiger partial charge is 0.381 e. The minimum absolute atomic E-state index is 0.167. The molecule has 2 rings (SSSR count). The second kappa shape index (κ2) is 7.15. The molecule has 1 heterocycles. The van der Waals surface area contributed by atoms with E-state index in [9.17, 15) is 10.1 Å². The summed E-state index contributed by atoms with van der Waals surface area (Å²) in [5.41, 5.74) is 0.878. The number of benzene rings is 1. The van der Waals surface area contributed by atoms with Gasteiger partial charge in [0.2, 0.25) is 0 Å². The third-order valence-corrected chi connectivity index (χ3v) is 4.32. The van der Waals surface area contributed by atoms with Crippen LogP contribution in [0, 0.1) is 16.0 Å². The maximum atomic E-state index is 11.0. The Hall–Kier alpha value is -0.980. The molecule has 1 aliphatic heterocycles. The molecule has 5 nitrogen and oxygen atoms in total. The number of ether oxygens (including phenoxy) is 1. The van der Waals surface area contributed by atoms with Crippen LogP contribution in [0.15, 0.2) is 22.7 Å². The van der Waals surface area contributed by atoms with Crippen LogP contribution < -0.4 is 5.32 Å². The molecule has 0 bridgehead atoms. The first-order valence-corrected chi connectivity index (χ1v) is 7.61. The highest BCUT2D eigenvalue weighted by atomic mass is 79.9. The van der Waals surface area contributed by atoms with E-state index in [1.165, 1.54) is 0 Å². The molecule has 1 saturated heterocycles. The SMILES string of the molecule is CC(NCc1cc(Br)ccc1[N+](=O)[O-])C1CCOCC1. The number of nitro groups is 1. The maximum Gasteiger partial charge on any atom is 0.273 e. The Morgan fingerprint density at radius 2 is 2.20 bits per heavy atom. The van der Waals surface area contributed by atoms with Crippen LogP contribution in [-0.2, 0) is 11.3 Å². The van der Waals surface area contributed by atoms with Gasteiger partial charge in [-0.3, -0.25) is 10.1 Å².